The number of nitrogens with one attached hydrogen (secondary N) is 2. The molecule has 0 bridgehead atoms. The molecule has 2 N–H and O–H groups in total. The topological polar surface area (TPSA) is 70.7 Å². The lowest BCUT2D eigenvalue weighted by Gasteiger charge is -2.32. The van der Waals surface area contributed by atoms with Gasteiger partial charge in [0.2, 0.25) is 5.91 Å². The van der Waals surface area contributed by atoms with Crippen LogP contribution in [0.3, 0.4) is 0 Å². The quantitative estimate of drug-likeness (QED) is 0.873. The molecule has 0 unspecified atom stereocenters. The predicted octanol–water partition coefficient (Wildman–Crippen LogP) is 3.76. The Morgan fingerprint density at radius 1 is 1.20 bits per heavy atom. The number of rotatable bonds is 3. The summed E-state index contributed by atoms with van der Waals surface area (Å²) in [4.78, 5) is 25.2. The van der Waals surface area contributed by atoms with Gasteiger partial charge in [-0.25, -0.2) is 4.79 Å². The minimum atomic E-state index is -0.527. The number of amides is 2. The van der Waals surface area contributed by atoms with Gasteiger partial charge in [0.05, 0.1) is 0 Å². The Balaban J connectivity index is 1.97. The number of hydrogen-bond acceptors (Lipinski definition) is 4. The molecule has 6 heteroatoms. The van der Waals surface area contributed by atoms with Gasteiger partial charge in [0.15, 0.2) is 0 Å². The summed E-state index contributed by atoms with van der Waals surface area (Å²) in [5, 5.41) is 6.31. The number of benzene rings is 1. The van der Waals surface area contributed by atoms with Gasteiger partial charge in [0.25, 0.3) is 0 Å². The SMILES string of the molecule is CC(=O)N1CCC(Nc2cc(NC(=O)OC(C)(C)C)ccc2C)CC1. The maximum atomic E-state index is 11.9. The molecule has 0 aromatic heterocycles. The zero-order chi connectivity index (χ0) is 18.6. The Morgan fingerprint density at radius 3 is 2.40 bits per heavy atom. The second-order valence-corrected chi connectivity index (χ2v) is 7.58. The van der Waals surface area contributed by atoms with Gasteiger partial charge in [-0.2, -0.15) is 0 Å². The van der Waals surface area contributed by atoms with Crippen LogP contribution in [-0.4, -0.2) is 41.6 Å². The number of piperidine rings is 1. The van der Waals surface area contributed by atoms with E-state index in [2.05, 4.69) is 10.6 Å². The smallest absolute Gasteiger partial charge is 0.412 e. The molecule has 0 saturated carbocycles. The van der Waals surface area contributed by atoms with Crippen LogP contribution in [0.15, 0.2) is 18.2 Å². The molecule has 1 fully saturated rings. The number of carbonyl (C=O) groups excluding carboxylic acids is 2. The summed E-state index contributed by atoms with van der Waals surface area (Å²) in [6.07, 6.45) is 1.38. The first kappa shape index (κ1) is 19.1. The van der Waals surface area contributed by atoms with E-state index in [-0.39, 0.29) is 5.91 Å². The third-order valence-corrected chi connectivity index (χ3v) is 4.18. The average Bonchev–Trinajstić information content (AvgIpc) is 2.49. The van der Waals surface area contributed by atoms with E-state index in [1.165, 1.54) is 0 Å². The van der Waals surface area contributed by atoms with Crippen LogP contribution >= 0.6 is 0 Å². The summed E-state index contributed by atoms with van der Waals surface area (Å²) in [6.45, 7) is 10.7. The van der Waals surface area contributed by atoms with Crippen molar-refractivity contribution in [3.63, 3.8) is 0 Å². The molecule has 1 aliphatic heterocycles. The first-order valence-electron chi connectivity index (χ1n) is 8.77. The van der Waals surface area contributed by atoms with Crippen LogP contribution in [0.5, 0.6) is 0 Å². The molecule has 1 heterocycles. The normalized spacial score (nSPS) is 15.6. The molecule has 1 aliphatic rings. The fourth-order valence-corrected chi connectivity index (χ4v) is 2.84. The molecule has 0 atom stereocenters. The van der Waals surface area contributed by atoms with Crippen LogP contribution in [0.25, 0.3) is 0 Å². The maximum Gasteiger partial charge on any atom is 0.412 e. The number of hydrogen-bond donors (Lipinski definition) is 2. The van der Waals surface area contributed by atoms with Crippen LogP contribution < -0.4 is 10.6 Å². The van der Waals surface area contributed by atoms with E-state index < -0.39 is 11.7 Å². The highest BCUT2D eigenvalue weighted by Gasteiger charge is 2.21. The van der Waals surface area contributed by atoms with Gasteiger partial charge in [-0.1, -0.05) is 6.07 Å². The Kier molecular flexibility index (Phi) is 5.93. The van der Waals surface area contributed by atoms with Crippen LogP contribution in [-0.2, 0) is 9.53 Å². The van der Waals surface area contributed by atoms with Gasteiger partial charge >= 0.3 is 6.09 Å². The van der Waals surface area contributed by atoms with Crippen molar-refractivity contribution < 1.29 is 14.3 Å². The van der Waals surface area contributed by atoms with Gasteiger partial charge in [0, 0.05) is 37.4 Å². The standard InChI is InChI=1S/C19H29N3O3/c1-13-6-7-16(21-18(24)25-19(3,4)5)12-17(13)20-15-8-10-22(11-9-15)14(2)23/h6-7,12,15,20H,8-11H2,1-5H3,(H,21,24). The van der Waals surface area contributed by atoms with E-state index in [0.29, 0.717) is 11.7 Å². The summed E-state index contributed by atoms with van der Waals surface area (Å²) in [5.41, 5.74) is 2.28. The van der Waals surface area contributed by atoms with Crippen molar-refractivity contribution >= 4 is 23.4 Å². The van der Waals surface area contributed by atoms with Crippen LogP contribution in [0.2, 0.25) is 0 Å². The summed E-state index contributed by atoms with van der Waals surface area (Å²) in [6, 6.07) is 6.09. The van der Waals surface area contributed by atoms with E-state index in [0.717, 1.165) is 37.2 Å². The third-order valence-electron chi connectivity index (χ3n) is 4.18. The van der Waals surface area contributed by atoms with Crippen molar-refractivity contribution in [2.45, 2.75) is 59.1 Å². The van der Waals surface area contributed by atoms with Gasteiger partial charge in [-0.15, -0.1) is 0 Å². The first-order valence-corrected chi connectivity index (χ1v) is 8.77. The molecule has 1 aromatic rings. The third kappa shape index (κ3) is 5.96. The van der Waals surface area contributed by atoms with E-state index >= 15 is 0 Å². The predicted molar refractivity (Wildman–Crippen MR) is 99.9 cm³/mol. The largest absolute Gasteiger partial charge is 0.444 e. The fourth-order valence-electron chi connectivity index (χ4n) is 2.84. The molecule has 2 rings (SSSR count). The van der Waals surface area contributed by atoms with Gasteiger partial charge in [0.1, 0.15) is 5.60 Å². The summed E-state index contributed by atoms with van der Waals surface area (Å²) in [7, 11) is 0. The summed E-state index contributed by atoms with van der Waals surface area (Å²) >= 11 is 0. The number of ether oxygens (including phenoxy) is 1. The van der Waals surface area contributed by atoms with Crippen LogP contribution in [0.1, 0.15) is 46.1 Å². The van der Waals surface area contributed by atoms with E-state index in [9.17, 15) is 9.59 Å². The molecule has 0 radical (unpaired) electrons. The molecule has 0 aliphatic carbocycles. The molecule has 1 saturated heterocycles. The lowest BCUT2D eigenvalue weighted by atomic mass is 10.0. The van der Waals surface area contributed by atoms with Gasteiger partial charge in [-0.3, -0.25) is 10.1 Å². The van der Waals surface area contributed by atoms with E-state index in [1.807, 2.05) is 50.8 Å². The van der Waals surface area contributed by atoms with Gasteiger partial charge < -0.3 is 15.0 Å². The number of anilines is 2. The zero-order valence-corrected chi connectivity index (χ0v) is 15.8. The lowest BCUT2D eigenvalue weighted by molar-refractivity contribution is -0.129. The molecular formula is C19H29N3O3. The van der Waals surface area contributed by atoms with Crippen molar-refractivity contribution in [3.8, 4) is 0 Å². The highest BCUT2D eigenvalue weighted by molar-refractivity contribution is 5.86. The molecule has 2 amide bonds. The highest BCUT2D eigenvalue weighted by Crippen LogP contribution is 2.24. The molecule has 6 nitrogen and oxygen atoms in total. The van der Waals surface area contributed by atoms with Crippen molar-refractivity contribution in [3.05, 3.63) is 23.8 Å². The second-order valence-electron chi connectivity index (χ2n) is 7.58. The molecule has 138 valence electrons. The van der Waals surface area contributed by atoms with Crippen molar-refractivity contribution in [1.82, 2.24) is 4.90 Å². The van der Waals surface area contributed by atoms with Crippen LogP contribution in [0.4, 0.5) is 16.2 Å². The van der Waals surface area contributed by atoms with Crippen LogP contribution in [0, 0.1) is 6.92 Å². The number of aryl methyl sites for hydroxylation is 1. The Hall–Kier alpha value is -2.24. The van der Waals surface area contributed by atoms with Crippen molar-refractivity contribution in [1.29, 1.82) is 0 Å². The minimum absolute atomic E-state index is 0.137. The maximum absolute atomic E-state index is 11.9. The van der Waals surface area contributed by atoms with Gasteiger partial charge in [-0.05, 0) is 58.2 Å². The Morgan fingerprint density at radius 2 is 1.84 bits per heavy atom. The number of nitrogens with zero attached hydrogens (tertiary/aromatic N) is 1. The van der Waals surface area contributed by atoms with Crippen molar-refractivity contribution in [2.24, 2.45) is 0 Å². The second kappa shape index (κ2) is 7.76. The molecular weight excluding hydrogens is 318 g/mol. The Bertz CT molecular complexity index is 629. The summed E-state index contributed by atoms with van der Waals surface area (Å²) < 4.78 is 5.29. The van der Waals surface area contributed by atoms with Crippen molar-refractivity contribution in [2.75, 3.05) is 23.7 Å². The number of carbonyl (C=O) groups is 2. The highest BCUT2D eigenvalue weighted by atomic mass is 16.6. The number of likely N-dealkylation sites (tertiary alicyclic amines) is 1. The Labute approximate surface area is 149 Å². The monoisotopic (exact) mass is 347 g/mol. The minimum Gasteiger partial charge on any atom is -0.444 e. The van der Waals surface area contributed by atoms with E-state index in [4.69, 9.17) is 4.74 Å². The fraction of sp³-hybridized carbons (Fsp3) is 0.579. The zero-order valence-electron chi connectivity index (χ0n) is 15.8. The lowest BCUT2D eigenvalue weighted by Crippen LogP contribution is -2.41. The first-order chi connectivity index (χ1) is 11.6. The van der Waals surface area contributed by atoms with E-state index in [1.54, 1.807) is 6.92 Å². The summed E-state index contributed by atoms with van der Waals surface area (Å²) in [5.74, 6) is 0.137. The molecule has 1 aromatic carbocycles. The molecule has 0 spiro atoms. The average molecular weight is 347 g/mol. The molecule has 25 heavy (non-hydrogen) atoms.